The maximum Gasteiger partial charge on any atom is 0.335 e. The standard InChI is InChI=1S/C21H24N4O5/c1-13(26)30-20(28)21(24,12-16-4-3-11-29-16)17-5-2-10-25(19(17)27)15-8-6-14(7-9-15)18(22)23/h3-4,6-9,11,17H,2,5,10,12,24H2,1H3,(H3,22,23). The molecule has 158 valence electrons. The van der Waals surface area contributed by atoms with Gasteiger partial charge in [-0.2, -0.15) is 0 Å². The van der Waals surface area contributed by atoms with E-state index in [1.165, 1.54) is 6.26 Å². The van der Waals surface area contributed by atoms with Crippen molar-refractivity contribution in [3.63, 3.8) is 0 Å². The smallest absolute Gasteiger partial charge is 0.335 e. The number of furan rings is 1. The van der Waals surface area contributed by atoms with Crippen LogP contribution in [-0.2, 0) is 25.5 Å². The van der Waals surface area contributed by atoms with E-state index in [-0.39, 0.29) is 18.2 Å². The van der Waals surface area contributed by atoms with Gasteiger partial charge in [0.15, 0.2) is 0 Å². The molecule has 2 aromatic rings. The highest BCUT2D eigenvalue weighted by molar-refractivity contribution is 6.02. The Morgan fingerprint density at radius 3 is 2.57 bits per heavy atom. The molecule has 1 aliphatic heterocycles. The van der Waals surface area contributed by atoms with E-state index in [1.54, 1.807) is 41.3 Å². The van der Waals surface area contributed by atoms with Crippen LogP contribution in [0, 0.1) is 11.3 Å². The molecule has 0 spiro atoms. The van der Waals surface area contributed by atoms with E-state index in [0.717, 1.165) is 6.92 Å². The molecule has 2 heterocycles. The van der Waals surface area contributed by atoms with Gasteiger partial charge in [0, 0.05) is 31.1 Å². The zero-order valence-electron chi connectivity index (χ0n) is 16.6. The van der Waals surface area contributed by atoms with Crippen molar-refractivity contribution in [2.24, 2.45) is 17.4 Å². The Hall–Kier alpha value is -3.46. The number of carbonyl (C=O) groups excluding carboxylic acids is 3. The summed E-state index contributed by atoms with van der Waals surface area (Å²) >= 11 is 0. The minimum atomic E-state index is -1.77. The molecule has 1 fully saturated rings. The molecule has 5 N–H and O–H groups in total. The van der Waals surface area contributed by atoms with Crippen LogP contribution in [0.25, 0.3) is 0 Å². The van der Waals surface area contributed by atoms with Gasteiger partial charge in [0.2, 0.25) is 5.91 Å². The summed E-state index contributed by atoms with van der Waals surface area (Å²) < 4.78 is 10.1. The fourth-order valence-electron chi connectivity index (χ4n) is 3.70. The molecule has 2 atom stereocenters. The topological polar surface area (TPSA) is 153 Å². The van der Waals surface area contributed by atoms with Crippen molar-refractivity contribution in [3.8, 4) is 0 Å². The first-order valence-corrected chi connectivity index (χ1v) is 9.52. The van der Waals surface area contributed by atoms with Crippen LogP contribution in [0.1, 0.15) is 31.1 Å². The quantitative estimate of drug-likeness (QED) is 0.280. The van der Waals surface area contributed by atoms with E-state index < -0.39 is 23.4 Å². The Bertz CT molecular complexity index is 954. The van der Waals surface area contributed by atoms with Gasteiger partial charge in [0.05, 0.1) is 12.2 Å². The molecule has 9 heteroatoms. The summed E-state index contributed by atoms with van der Waals surface area (Å²) in [6.45, 7) is 1.56. The number of nitrogen functional groups attached to an aromatic ring is 1. The van der Waals surface area contributed by atoms with Crippen molar-refractivity contribution in [3.05, 3.63) is 54.0 Å². The number of carbonyl (C=O) groups is 3. The van der Waals surface area contributed by atoms with Crippen LogP contribution in [0.5, 0.6) is 0 Å². The number of amides is 1. The lowest BCUT2D eigenvalue weighted by atomic mass is 9.76. The second-order valence-electron chi connectivity index (χ2n) is 7.32. The highest BCUT2D eigenvalue weighted by atomic mass is 16.6. The first-order valence-electron chi connectivity index (χ1n) is 9.52. The van der Waals surface area contributed by atoms with E-state index in [0.29, 0.717) is 36.4 Å². The molecule has 3 rings (SSSR count). The summed E-state index contributed by atoms with van der Waals surface area (Å²) in [4.78, 5) is 39.1. The van der Waals surface area contributed by atoms with Crippen molar-refractivity contribution >= 4 is 29.4 Å². The third-order valence-corrected chi connectivity index (χ3v) is 5.21. The predicted molar refractivity (Wildman–Crippen MR) is 109 cm³/mol. The zero-order chi connectivity index (χ0) is 21.9. The zero-order valence-corrected chi connectivity index (χ0v) is 16.6. The summed E-state index contributed by atoms with van der Waals surface area (Å²) in [5, 5.41) is 7.49. The average molecular weight is 412 g/mol. The molecule has 0 bridgehead atoms. The van der Waals surface area contributed by atoms with Crippen molar-refractivity contribution in [2.45, 2.75) is 31.7 Å². The van der Waals surface area contributed by atoms with Gasteiger partial charge in [-0.15, -0.1) is 0 Å². The Balaban J connectivity index is 1.92. The number of anilines is 1. The SMILES string of the molecule is CC(=O)OC(=O)C(N)(Cc1ccco1)C1CCCN(c2ccc(C(=N)N)cc2)C1=O. The van der Waals surface area contributed by atoms with E-state index in [4.69, 9.17) is 26.0 Å². The summed E-state index contributed by atoms with van der Waals surface area (Å²) in [5.41, 5.74) is 11.3. The monoisotopic (exact) mass is 412 g/mol. The van der Waals surface area contributed by atoms with Gasteiger partial charge in [0.25, 0.3) is 0 Å². The van der Waals surface area contributed by atoms with E-state index in [9.17, 15) is 14.4 Å². The molecule has 0 saturated carbocycles. The van der Waals surface area contributed by atoms with Crippen LogP contribution in [0.3, 0.4) is 0 Å². The number of nitrogens with one attached hydrogen (secondary N) is 1. The number of amidine groups is 1. The van der Waals surface area contributed by atoms with Crippen molar-refractivity contribution in [1.29, 1.82) is 5.41 Å². The largest absolute Gasteiger partial charge is 0.469 e. The van der Waals surface area contributed by atoms with Gasteiger partial charge >= 0.3 is 11.9 Å². The Kier molecular flexibility index (Phi) is 6.02. The molecular formula is C21H24N4O5. The molecule has 1 amide bonds. The number of ether oxygens (including phenoxy) is 1. The maximum atomic E-state index is 13.4. The highest BCUT2D eigenvalue weighted by Crippen LogP contribution is 2.33. The lowest BCUT2D eigenvalue weighted by molar-refractivity contribution is -0.165. The molecule has 9 nitrogen and oxygen atoms in total. The minimum absolute atomic E-state index is 0.0733. The van der Waals surface area contributed by atoms with Crippen LogP contribution in [0.2, 0.25) is 0 Å². The van der Waals surface area contributed by atoms with Gasteiger partial charge in [-0.25, -0.2) is 4.79 Å². The number of hydrogen-bond donors (Lipinski definition) is 3. The second kappa shape index (κ2) is 8.50. The minimum Gasteiger partial charge on any atom is -0.469 e. The van der Waals surface area contributed by atoms with Crippen molar-refractivity contribution < 1.29 is 23.5 Å². The Morgan fingerprint density at radius 2 is 2.00 bits per heavy atom. The molecule has 0 aliphatic carbocycles. The van der Waals surface area contributed by atoms with Crippen LogP contribution in [-0.4, -0.2) is 35.8 Å². The first kappa shape index (κ1) is 21.3. The van der Waals surface area contributed by atoms with E-state index >= 15 is 0 Å². The summed E-state index contributed by atoms with van der Waals surface area (Å²) in [7, 11) is 0. The fourth-order valence-corrected chi connectivity index (χ4v) is 3.70. The van der Waals surface area contributed by atoms with Gasteiger partial charge in [-0.1, -0.05) is 0 Å². The molecular weight excluding hydrogens is 388 g/mol. The number of hydrogen-bond acceptors (Lipinski definition) is 7. The lowest BCUT2D eigenvalue weighted by Gasteiger charge is -2.40. The fraction of sp³-hybridized carbons (Fsp3) is 0.333. The first-order chi connectivity index (χ1) is 14.2. The Labute approximate surface area is 173 Å². The third-order valence-electron chi connectivity index (χ3n) is 5.21. The van der Waals surface area contributed by atoms with E-state index in [2.05, 4.69) is 0 Å². The van der Waals surface area contributed by atoms with Gasteiger partial charge in [0.1, 0.15) is 17.1 Å². The number of benzene rings is 1. The molecule has 30 heavy (non-hydrogen) atoms. The predicted octanol–water partition coefficient (Wildman–Crippen LogP) is 1.34. The van der Waals surface area contributed by atoms with Crippen LogP contribution < -0.4 is 16.4 Å². The van der Waals surface area contributed by atoms with Crippen LogP contribution in [0.4, 0.5) is 5.69 Å². The van der Waals surface area contributed by atoms with Gasteiger partial charge < -0.3 is 25.5 Å². The van der Waals surface area contributed by atoms with Crippen molar-refractivity contribution in [2.75, 3.05) is 11.4 Å². The second-order valence-corrected chi connectivity index (χ2v) is 7.32. The molecule has 1 saturated heterocycles. The lowest BCUT2D eigenvalue weighted by Crippen LogP contribution is -2.63. The van der Waals surface area contributed by atoms with Gasteiger partial charge in [-0.05, 0) is 49.2 Å². The number of esters is 2. The number of nitrogens with zero attached hydrogens (tertiary/aromatic N) is 1. The average Bonchev–Trinajstić information content (AvgIpc) is 3.20. The summed E-state index contributed by atoms with van der Waals surface area (Å²) in [5.74, 6) is -2.67. The molecule has 2 unspecified atom stereocenters. The van der Waals surface area contributed by atoms with Crippen LogP contribution in [0.15, 0.2) is 47.1 Å². The highest BCUT2D eigenvalue weighted by Gasteiger charge is 2.51. The number of rotatable bonds is 6. The maximum absolute atomic E-state index is 13.4. The summed E-state index contributed by atoms with van der Waals surface area (Å²) in [6, 6.07) is 9.98. The number of nitrogens with two attached hydrogens (primary N) is 2. The van der Waals surface area contributed by atoms with Gasteiger partial charge in [-0.3, -0.25) is 15.0 Å². The van der Waals surface area contributed by atoms with E-state index in [1.807, 2.05) is 0 Å². The molecule has 1 aliphatic rings. The Morgan fingerprint density at radius 1 is 1.30 bits per heavy atom. The van der Waals surface area contributed by atoms with Crippen molar-refractivity contribution in [1.82, 2.24) is 0 Å². The third kappa shape index (κ3) is 4.25. The number of piperidine rings is 1. The molecule has 1 aromatic heterocycles. The normalized spacial score (nSPS) is 18.5. The molecule has 1 aromatic carbocycles. The molecule has 0 radical (unpaired) electrons. The van der Waals surface area contributed by atoms with Crippen LogP contribution >= 0.6 is 0 Å². The summed E-state index contributed by atoms with van der Waals surface area (Å²) in [6.07, 6.45) is 2.33.